The zero-order valence-electron chi connectivity index (χ0n) is 16.1. The molecule has 5 rings (SSSR count). The number of fused-ring (bicyclic) bond motifs is 1. The Balaban J connectivity index is 1.34. The number of para-hydroxylation sites is 2. The summed E-state index contributed by atoms with van der Waals surface area (Å²) in [6.45, 7) is 4.32. The first-order valence-corrected chi connectivity index (χ1v) is 10.4. The third-order valence-electron chi connectivity index (χ3n) is 6.04. The van der Waals surface area contributed by atoms with Crippen molar-refractivity contribution in [1.82, 2.24) is 14.5 Å². The molecule has 2 heterocycles. The summed E-state index contributed by atoms with van der Waals surface area (Å²) in [5.74, 6) is 1.69. The molecule has 1 saturated carbocycles. The van der Waals surface area contributed by atoms with Gasteiger partial charge < -0.3 is 14.8 Å². The second kappa shape index (κ2) is 7.55. The highest BCUT2D eigenvalue weighted by Gasteiger charge is 2.27. The highest BCUT2D eigenvalue weighted by molar-refractivity contribution is 5.78. The lowest BCUT2D eigenvalue weighted by atomic mass is 10.0. The van der Waals surface area contributed by atoms with Crippen molar-refractivity contribution in [3.8, 4) is 0 Å². The molecule has 3 aromatic rings. The fourth-order valence-corrected chi connectivity index (χ4v) is 4.23. The Kier molecular flexibility index (Phi) is 4.77. The van der Waals surface area contributed by atoms with Crippen LogP contribution in [0, 0.1) is 11.7 Å². The maximum absolute atomic E-state index is 13.3. The molecule has 0 spiro atoms. The van der Waals surface area contributed by atoms with Gasteiger partial charge in [0.2, 0.25) is 5.95 Å². The van der Waals surface area contributed by atoms with Crippen molar-refractivity contribution in [2.75, 3.05) is 25.0 Å². The summed E-state index contributed by atoms with van der Waals surface area (Å²) in [4.78, 5) is 7.48. The summed E-state index contributed by atoms with van der Waals surface area (Å²) in [6, 6.07) is 15.4. The van der Waals surface area contributed by atoms with Gasteiger partial charge in [0.15, 0.2) is 0 Å². The lowest BCUT2D eigenvalue weighted by Crippen LogP contribution is -2.40. The number of rotatable bonds is 6. The monoisotopic (exact) mass is 378 g/mol. The van der Waals surface area contributed by atoms with Gasteiger partial charge in [-0.15, -0.1) is 0 Å². The van der Waals surface area contributed by atoms with Gasteiger partial charge in [-0.3, -0.25) is 0 Å². The molecule has 146 valence electrons. The Hall–Kier alpha value is -2.40. The molecule has 0 bridgehead atoms. The number of benzene rings is 2. The summed E-state index contributed by atoms with van der Waals surface area (Å²) in [5.41, 5.74) is 3.19. The molecular formula is C23H27FN4. The minimum Gasteiger partial charge on any atom is -0.353 e. The molecule has 2 aromatic carbocycles. The van der Waals surface area contributed by atoms with Crippen LogP contribution in [0.25, 0.3) is 11.0 Å². The smallest absolute Gasteiger partial charge is 0.204 e. The first kappa shape index (κ1) is 17.7. The van der Waals surface area contributed by atoms with Crippen molar-refractivity contribution in [2.45, 2.75) is 38.3 Å². The van der Waals surface area contributed by atoms with Crippen molar-refractivity contribution >= 4 is 17.0 Å². The predicted molar refractivity (Wildman–Crippen MR) is 111 cm³/mol. The fraction of sp³-hybridized carbons (Fsp3) is 0.435. The van der Waals surface area contributed by atoms with E-state index in [-0.39, 0.29) is 5.82 Å². The van der Waals surface area contributed by atoms with E-state index in [1.54, 1.807) is 0 Å². The third kappa shape index (κ3) is 3.90. The number of nitrogens with zero attached hydrogens (tertiary/aromatic N) is 3. The van der Waals surface area contributed by atoms with Crippen LogP contribution in [0.4, 0.5) is 10.3 Å². The average Bonchev–Trinajstić information content (AvgIpc) is 3.47. The van der Waals surface area contributed by atoms with Crippen molar-refractivity contribution in [3.05, 3.63) is 59.9 Å². The Morgan fingerprint density at radius 2 is 1.71 bits per heavy atom. The molecule has 4 nitrogen and oxygen atoms in total. The van der Waals surface area contributed by atoms with E-state index in [2.05, 4.69) is 26.9 Å². The van der Waals surface area contributed by atoms with E-state index in [0.717, 1.165) is 41.3 Å². The predicted octanol–water partition coefficient (Wildman–Crippen LogP) is 4.51. The van der Waals surface area contributed by atoms with Crippen LogP contribution < -0.4 is 5.32 Å². The molecule has 1 aliphatic carbocycles. The van der Waals surface area contributed by atoms with Crippen LogP contribution in [0.5, 0.6) is 0 Å². The molecule has 5 heteroatoms. The summed E-state index contributed by atoms with van der Waals surface area (Å²) in [5, 5.41) is 3.71. The van der Waals surface area contributed by atoms with E-state index in [1.165, 1.54) is 44.6 Å². The van der Waals surface area contributed by atoms with Gasteiger partial charge in [0, 0.05) is 25.7 Å². The topological polar surface area (TPSA) is 33.1 Å². The van der Waals surface area contributed by atoms with Crippen molar-refractivity contribution in [1.29, 1.82) is 0 Å². The molecule has 1 N–H and O–H groups in total. The number of likely N-dealkylation sites (tertiary alicyclic amines) is 1. The quantitative estimate of drug-likeness (QED) is 0.685. The van der Waals surface area contributed by atoms with Gasteiger partial charge in [-0.25, -0.2) is 9.37 Å². The number of hydrogen-bond donors (Lipinski definition) is 1. The van der Waals surface area contributed by atoms with Gasteiger partial charge in [-0.05, 0) is 61.4 Å². The second-order valence-electron chi connectivity index (χ2n) is 8.30. The first-order chi connectivity index (χ1) is 13.7. The Morgan fingerprint density at radius 1 is 0.964 bits per heavy atom. The number of aromatic nitrogens is 2. The van der Waals surface area contributed by atoms with Crippen LogP contribution in [-0.2, 0) is 6.54 Å². The van der Waals surface area contributed by atoms with Crippen LogP contribution >= 0.6 is 0 Å². The third-order valence-corrected chi connectivity index (χ3v) is 6.04. The zero-order valence-corrected chi connectivity index (χ0v) is 16.1. The number of anilines is 1. The molecule has 2 fully saturated rings. The first-order valence-electron chi connectivity index (χ1n) is 10.4. The molecule has 0 radical (unpaired) electrons. The molecule has 28 heavy (non-hydrogen) atoms. The van der Waals surface area contributed by atoms with E-state index < -0.39 is 0 Å². The van der Waals surface area contributed by atoms with E-state index in [4.69, 9.17) is 4.98 Å². The minimum atomic E-state index is -0.199. The Bertz CT molecular complexity index is 937. The lowest BCUT2D eigenvalue weighted by molar-refractivity contribution is 0.211. The summed E-state index contributed by atoms with van der Waals surface area (Å²) < 4.78 is 15.5. The van der Waals surface area contributed by atoms with Crippen LogP contribution in [0.1, 0.15) is 31.2 Å². The van der Waals surface area contributed by atoms with E-state index in [9.17, 15) is 4.39 Å². The Morgan fingerprint density at radius 3 is 2.46 bits per heavy atom. The van der Waals surface area contributed by atoms with Gasteiger partial charge in [0.1, 0.15) is 5.82 Å². The highest BCUT2D eigenvalue weighted by atomic mass is 19.1. The molecule has 0 unspecified atom stereocenters. The summed E-state index contributed by atoms with van der Waals surface area (Å²) in [6.07, 6.45) is 5.16. The van der Waals surface area contributed by atoms with Gasteiger partial charge >= 0.3 is 0 Å². The molecule has 1 saturated heterocycles. The van der Waals surface area contributed by atoms with E-state index in [1.807, 2.05) is 24.3 Å². The van der Waals surface area contributed by atoms with Gasteiger partial charge in [-0.2, -0.15) is 0 Å². The SMILES string of the molecule is Fc1ccc(Cn2c(NC3CCN(CC4CC4)CC3)nc3ccccc32)cc1. The number of nitrogens with one attached hydrogen (secondary N) is 1. The molecular weight excluding hydrogens is 351 g/mol. The fourth-order valence-electron chi connectivity index (χ4n) is 4.23. The van der Waals surface area contributed by atoms with Gasteiger partial charge in [-0.1, -0.05) is 24.3 Å². The van der Waals surface area contributed by atoms with Crippen molar-refractivity contribution in [2.24, 2.45) is 5.92 Å². The van der Waals surface area contributed by atoms with Crippen molar-refractivity contribution < 1.29 is 4.39 Å². The number of hydrogen-bond acceptors (Lipinski definition) is 3. The van der Waals surface area contributed by atoms with Crippen LogP contribution in [0.15, 0.2) is 48.5 Å². The molecule has 0 atom stereocenters. The molecule has 1 aromatic heterocycles. The summed E-state index contributed by atoms with van der Waals surface area (Å²) >= 11 is 0. The standard InChI is InChI=1S/C23H27FN4/c24-19-9-7-18(8-10-19)16-28-22-4-2-1-3-21(22)26-23(28)25-20-11-13-27(14-12-20)15-17-5-6-17/h1-4,7-10,17,20H,5-6,11-16H2,(H,25,26). The Labute approximate surface area is 165 Å². The molecule has 0 amide bonds. The van der Waals surface area contributed by atoms with Gasteiger partial charge in [0.25, 0.3) is 0 Å². The normalized spacial score (nSPS) is 18.6. The second-order valence-corrected chi connectivity index (χ2v) is 8.30. The number of piperidine rings is 1. The van der Waals surface area contributed by atoms with E-state index >= 15 is 0 Å². The highest BCUT2D eigenvalue weighted by Crippen LogP contribution is 2.31. The number of halogens is 1. The maximum atomic E-state index is 13.3. The minimum absolute atomic E-state index is 0.199. The zero-order chi connectivity index (χ0) is 18.9. The number of imidazole rings is 1. The maximum Gasteiger partial charge on any atom is 0.204 e. The van der Waals surface area contributed by atoms with E-state index in [0.29, 0.717) is 12.6 Å². The van der Waals surface area contributed by atoms with Crippen molar-refractivity contribution in [3.63, 3.8) is 0 Å². The lowest BCUT2D eigenvalue weighted by Gasteiger charge is -2.32. The van der Waals surface area contributed by atoms with Crippen LogP contribution in [-0.4, -0.2) is 40.1 Å². The average molecular weight is 378 g/mol. The van der Waals surface area contributed by atoms with Gasteiger partial charge in [0.05, 0.1) is 17.6 Å². The largest absolute Gasteiger partial charge is 0.353 e. The van der Waals surface area contributed by atoms with Crippen LogP contribution in [0.2, 0.25) is 0 Å². The molecule has 2 aliphatic rings. The van der Waals surface area contributed by atoms with Crippen LogP contribution in [0.3, 0.4) is 0 Å². The summed E-state index contributed by atoms with van der Waals surface area (Å²) in [7, 11) is 0. The molecule has 1 aliphatic heterocycles.